The van der Waals surface area contributed by atoms with E-state index in [1.54, 1.807) is 24.0 Å². The number of hydrogen-bond donors (Lipinski definition) is 0. The number of ether oxygens (including phenoxy) is 2. The zero-order chi connectivity index (χ0) is 19.2. The third-order valence-corrected chi connectivity index (χ3v) is 4.75. The molecule has 1 atom stereocenters. The number of methoxy groups -OCH3 is 1. The van der Waals surface area contributed by atoms with Gasteiger partial charge < -0.3 is 19.3 Å². The van der Waals surface area contributed by atoms with Crippen molar-refractivity contribution in [2.24, 2.45) is 0 Å². The van der Waals surface area contributed by atoms with E-state index < -0.39 is 6.09 Å². The summed E-state index contributed by atoms with van der Waals surface area (Å²) in [7, 11) is 3.35. The first kappa shape index (κ1) is 18.9. The highest BCUT2D eigenvalue weighted by molar-refractivity contribution is 5.94. The van der Waals surface area contributed by atoms with E-state index in [4.69, 9.17) is 9.47 Å². The molecule has 0 fully saturated rings. The van der Waals surface area contributed by atoms with Crippen molar-refractivity contribution in [3.8, 4) is 0 Å². The molecule has 142 valence electrons. The molecule has 0 N–H and O–H groups in total. The second-order valence-corrected chi connectivity index (χ2v) is 6.47. The van der Waals surface area contributed by atoms with Crippen LogP contribution in [0.1, 0.15) is 23.7 Å². The van der Waals surface area contributed by atoms with E-state index in [0.29, 0.717) is 6.54 Å². The summed E-state index contributed by atoms with van der Waals surface area (Å²) >= 11 is 0. The Morgan fingerprint density at radius 1 is 1.11 bits per heavy atom. The van der Waals surface area contributed by atoms with Gasteiger partial charge >= 0.3 is 6.09 Å². The molecule has 2 aromatic rings. The lowest BCUT2D eigenvalue weighted by atomic mass is 10.1. The Kier molecular flexibility index (Phi) is 6.08. The number of benzene rings is 2. The smallest absolute Gasteiger partial charge is 0.410 e. The number of carbonyl (C=O) groups excluding carboxylic acids is 2. The lowest BCUT2D eigenvalue weighted by molar-refractivity contribution is -0.118. The van der Waals surface area contributed by atoms with Crippen molar-refractivity contribution < 1.29 is 19.1 Å². The van der Waals surface area contributed by atoms with Crippen LogP contribution in [0.2, 0.25) is 0 Å². The van der Waals surface area contributed by atoms with E-state index in [0.717, 1.165) is 16.8 Å². The maximum atomic E-state index is 12.6. The second-order valence-electron chi connectivity index (χ2n) is 6.47. The Bertz CT molecular complexity index is 794. The summed E-state index contributed by atoms with van der Waals surface area (Å²) in [5, 5.41) is 0. The van der Waals surface area contributed by atoms with E-state index in [2.05, 4.69) is 0 Å². The van der Waals surface area contributed by atoms with Crippen molar-refractivity contribution in [2.75, 3.05) is 32.1 Å². The van der Waals surface area contributed by atoms with Gasteiger partial charge in [0.25, 0.3) is 0 Å². The molecule has 2 amide bonds. The van der Waals surface area contributed by atoms with Crippen LogP contribution in [0.5, 0.6) is 0 Å². The van der Waals surface area contributed by atoms with Gasteiger partial charge in [-0.1, -0.05) is 48.5 Å². The van der Waals surface area contributed by atoms with Crippen LogP contribution in [0.25, 0.3) is 0 Å². The van der Waals surface area contributed by atoms with E-state index in [1.165, 1.54) is 0 Å². The largest absolute Gasteiger partial charge is 0.445 e. The van der Waals surface area contributed by atoms with Gasteiger partial charge in [0, 0.05) is 38.4 Å². The third kappa shape index (κ3) is 4.46. The highest BCUT2D eigenvalue weighted by atomic mass is 16.6. The highest BCUT2D eigenvalue weighted by Crippen LogP contribution is 2.30. The number of amides is 2. The Morgan fingerprint density at radius 3 is 2.56 bits per heavy atom. The normalized spacial score (nSPS) is 17.6. The lowest BCUT2D eigenvalue weighted by Gasteiger charge is -2.26. The van der Waals surface area contributed by atoms with Crippen LogP contribution in [-0.2, 0) is 20.9 Å². The molecule has 0 spiro atoms. The Morgan fingerprint density at radius 2 is 1.81 bits per heavy atom. The molecule has 0 aromatic heterocycles. The average molecular weight is 368 g/mol. The number of rotatable bonds is 3. The van der Waals surface area contributed by atoms with Gasteiger partial charge in [0.2, 0.25) is 5.91 Å². The number of anilines is 1. The first-order valence-corrected chi connectivity index (χ1v) is 8.94. The maximum Gasteiger partial charge on any atom is 0.410 e. The van der Waals surface area contributed by atoms with E-state index in [-0.39, 0.29) is 31.6 Å². The summed E-state index contributed by atoms with van der Waals surface area (Å²) in [6.45, 7) is 0.797. The van der Waals surface area contributed by atoms with E-state index in [1.807, 2.05) is 54.6 Å². The first-order chi connectivity index (χ1) is 13.1. The fourth-order valence-electron chi connectivity index (χ4n) is 3.17. The zero-order valence-corrected chi connectivity index (χ0v) is 15.6. The predicted molar refractivity (Wildman–Crippen MR) is 102 cm³/mol. The van der Waals surface area contributed by atoms with Crippen LogP contribution in [0.3, 0.4) is 0 Å². The molecular weight excluding hydrogens is 344 g/mol. The number of fused-ring (bicyclic) bond motifs is 1. The molecule has 0 aliphatic carbocycles. The van der Waals surface area contributed by atoms with Crippen molar-refractivity contribution in [3.63, 3.8) is 0 Å². The Labute approximate surface area is 159 Å². The predicted octanol–water partition coefficient (Wildman–Crippen LogP) is 3.38. The number of hydrogen-bond acceptors (Lipinski definition) is 4. The standard InChI is InChI=1S/C21H24N2O4/c1-22-18-11-7-6-10-17(18)19(26-2)14-23(13-12-20(22)24)21(25)27-15-16-8-4-3-5-9-16/h3-11,19H,12-15H2,1-2H3. The molecule has 6 heteroatoms. The first-order valence-electron chi connectivity index (χ1n) is 8.94. The summed E-state index contributed by atoms with van der Waals surface area (Å²) in [5.41, 5.74) is 2.59. The maximum absolute atomic E-state index is 12.6. The van der Waals surface area contributed by atoms with Crippen molar-refractivity contribution in [1.82, 2.24) is 4.90 Å². The number of nitrogens with zero attached hydrogens (tertiary/aromatic N) is 2. The van der Waals surface area contributed by atoms with Crippen LogP contribution in [0, 0.1) is 0 Å². The third-order valence-electron chi connectivity index (χ3n) is 4.75. The summed E-state index contributed by atoms with van der Waals surface area (Å²) in [5.74, 6) is -0.0555. The molecule has 3 rings (SSSR count). The molecule has 0 saturated heterocycles. The molecule has 1 heterocycles. The molecule has 1 unspecified atom stereocenters. The van der Waals surface area contributed by atoms with Crippen molar-refractivity contribution in [3.05, 3.63) is 65.7 Å². The quantitative estimate of drug-likeness (QED) is 0.833. The van der Waals surface area contributed by atoms with E-state index in [9.17, 15) is 9.59 Å². The van der Waals surface area contributed by atoms with Gasteiger partial charge in [-0.3, -0.25) is 4.79 Å². The van der Waals surface area contributed by atoms with Gasteiger partial charge in [0.05, 0.1) is 6.54 Å². The molecule has 1 aliphatic rings. The van der Waals surface area contributed by atoms with Crippen LogP contribution < -0.4 is 4.90 Å². The minimum absolute atomic E-state index is 0.0555. The topological polar surface area (TPSA) is 59.1 Å². The van der Waals surface area contributed by atoms with Crippen LogP contribution in [0.15, 0.2) is 54.6 Å². The van der Waals surface area contributed by atoms with Gasteiger partial charge in [0.1, 0.15) is 12.7 Å². The summed E-state index contributed by atoms with van der Waals surface area (Å²) < 4.78 is 11.1. The highest BCUT2D eigenvalue weighted by Gasteiger charge is 2.28. The monoisotopic (exact) mass is 368 g/mol. The second kappa shape index (κ2) is 8.68. The summed E-state index contributed by atoms with van der Waals surface area (Å²) in [6, 6.07) is 17.1. The zero-order valence-electron chi connectivity index (χ0n) is 15.6. The van der Waals surface area contributed by atoms with Gasteiger partial charge in [-0.2, -0.15) is 0 Å². The van der Waals surface area contributed by atoms with Crippen LogP contribution >= 0.6 is 0 Å². The Hall–Kier alpha value is -2.86. The van der Waals surface area contributed by atoms with Crippen molar-refractivity contribution in [2.45, 2.75) is 19.1 Å². The number of para-hydroxylation sites is 1. The van der Waals surface area contributed by atoms with Crippen LogP contribution in [0.4, 0.5) is 10.5 Å². The van der Waals surface area contributed by atoms with Gasteiger partial charge in [0.15, 0.2) is 0 Å². The molecule has 27 heavy (non-hydrogen) atoms. The van der Waals surface area contributed by atoms with E-state index >= 15 is 0 Å². The minimum Gasteiger partial charge on any atom is -0.445 e. The minimum atomic E-state index is -0.448. The summed E-state index contributed by atoms with van der Waals surface area (Å²) in [6.07, 6.45) is -0.573. The lowest BCUT2D eigenvalue weighted by Crippen LogP contribution is -2.37. The number of carbonyl (C=O) groups is 2. The van der Waals surface area contributed by atoms with Crippen molar-refractivity contribution >= 4 is 17.7 Å². The summed E-state index contributed by atoms with van der Waals surface area (Å²) in [4.78, 5) is 28.3. The molecule has 0 saturated carbocycles. The van der Waals surface area contributed by atoms with Gasteiger partial charge in [-0.15, -0.1) is 0 Å². The average Bonchev–Trinajstić information content (AvgIpc) is 2.76. The molecular formula is C21H24N2O4. The molecule has 6 nitrogen and oxygen atoms in total. The molecule has 0 radical (unpaired) electrons. The van der Waals surface area contributed by atoms with Crippen LogP contribution in [-0.4, -0.2) is 44.1 Å². The van der Waals surface area contributed by atoms with Gasteiger partial charge in [-0.25, -0.2) is 4.79 Å². The molecule has 1 aliphatic heterocycles. The Balaban J connectivity index is 1.79. The molecule has 0 bridgehead atoms. The van der Waals surface area contributed by atoms with Crippen molar-refractivity contribution in [1.29, 1.82) is 0 Å². The van der Waals surface area contributed by atoms with Gasteiger partial charge in [-0.05, 0) is 11.6 Å². The fourth-order valence-corrected chi connectivity index (χ4v) is 3.17. The molecule has 2 aromatic carbocycles. The SMILES string of the molecule is COC1CN(C(=O)OCc2ccccc2)CCC(=O)N(C)c2ccccc21. The fraction of sp³-hybridized carbons (Fsp3) is 0.333.